The number of cyclic esters (lactones) is 1. The smallest absolute Gasteiger partial charge is 0.444 e. The number of nitrogens with zero attached hydrogens (tertiary/aromatic N) is 4. The van der Waals surface area contributed by atoms with Gasteiger partial charge in [-0.05, 0) is 36.8 Å². The van der Waals surface area contributed by atoms with Crippen molar-refractivity contribution in [1.29, 1.82) is 0 Å². The van der Waals surface area contributed by atoms with Crippen molar-refractivity contribution in [3.63, 3.8) is 0 Å². The average Bonchev–Trinajstić information content (AvgIpc) is 3.22. The van der Waals surface area contributed by atoms with E-state index in [4.69, 9.17) is 10.5 Å². The molecule has 1 aromatic heterocycles. The zero-order valence-electron chi connectivity index (χ0n) is 19.0. The van der Waals surface area contributed by atoms with E-state index in [1.165, 1.54) is 23.2 Å². The highest BCUT2D eigenvalue weighted by atomic mass is 19.4. The van der Waals surface area contributed by atoms with E-state index < -0.39 is 36.0 Å². The number of pyridine rings is 1. The highest BCUT2D eigenvalue weighted by Gasteiger charge is 2.43. The first-order valence-corrected chi connectivity index (χ1v) is 11.2. The fourth-order valence-electron chi connectivity index (χ4n) is 4.14. The van der Waals surface area contributed by atoms with E-state index in [-0.39, 0.29) is 51.1 Å². The Hall–Kier alpha value is -3.90. The van der Waals surface area contributed by atoms with E-state index in [2.05, 4.69) is 4.98 Å². The van der Waals surface area contributed by atoms with Gasteiger partial charge >= 0.3 is 18.2 Å². The highest BCUT2D eigenvalue weighted by molar-refractivity contribution is 5.90. The van der Waals surface area contributed by atoms with Crippen molar-refractivity contribution in [2.45, 2.75) is 25.1 Å². The Morgan fingerprint density at radius 1 is 1.11 bits per heavy atom. The summed E-state index contributed by atoms with van der Waals surface area (Å²) >= 11 is 0. The van der Waals surface area contributed by atoms with Crippen molar-refractivity contribution >= 4 is 29.4 Å². The standard InChI is InChI=1S/C23H23F4N5O4/c24-18-11-15(32-13-16(36-22(32)35)3-5-19(28)33)2-4-17(18)14-1-6-20(29-12-14)30-7-9-31(10-8-30)21(34)23(25,26)27/h1-2,4,6,11-12,16H,3,5,7-10,13H2,(H2,28,33). The number of carbonyl (C=O) groups is 3. The zero-order chi connectivity index (χ0) is 26.0. The first-order chi connectivity index (χ1) is 17.0. The average molecular weight is 509 g/mol. The second kappa shape index (κ2) is 9.99. The van der Waals surface area contributed by atoms with Gasteiger partial charge in [-0.15, -0.1) is 0 Å². The summed E-state index contributed by atoms with van der Waals surface area (Å²) in [6, 6.07) is 7.55. The van der Waals surface area contributed by atoms with E-state index >= 15 is 0 Å². The number of halogens is 4. The summed E-state index contributed by atoms with van der Waals surface area (Å²) in [5, 5.41) is 0. The Morgan fingerprint density at radius 2 is 1.83 bits per heavy atom. The Labute approximate surface area is 203 Å². The number of ether oxygens (including phenoxy) is 1. The molecule has 2 N–H and O–H groups in total. The van der Waals surface area contributed by atoms with Gasteiger partial charge in [0.15, 0.2) is 0 Å². The number of aromatic nitrogens is 1. The fraction of sp³-hybridized carbons (Fsp3) is 0.391. The molecule has 1 atom stereocenters. The molecule has 2 saturated heterocycles. The van der Waals surface area contributed by atoms with Crippen LogP contribution in [0.2, 0.25) is 0 Å². The summed E-state index contributed by atoms with van der Waals surface area (Å²) < 4.78 is 58.0. The minimum absolute atomic E-state index is 0.0729. The number of carbonyl (C=O) groups excluding carboxylic acids is 3. The molecule has 0 spiro atoms. The van der Waals surface area contributed by atoms with Crippen LogP contribution < -0.4 is 15.5 Å². The summed E-state index contributed by atoms with van der Waals surface area (Å²) in [5.41, 5.74) is 6.14. The Balaban J connectivity index is 1.40. The number of anilines is 2. The molecular formula is C23H23F4N5O4. The summed E-state index contributed by atoms with van der Waals surface area (Å²) in [5.74, 6) is -2.45. The van der Waals surface area contributed by atoms with Gasteiger partial charge in [0.25, 0.3) is 0 Å². The topological polar surface area (TPSA) is 109 Å². The van der Waals surface area contributed by atoms with Gasteiger partial charge in [-0.3, -0.25) is 14.5 Å². The first kappa shape index (κ1) is 25.2. The zero-order valence-corrected chi connectivity index (χ0v) is 19.0. The molecule has 192 valence electrons. The van der Waals surface area contributed by atoms with Crippen molar-refractivity contribution in [3.05, 3.63) is 42.3 Å². The van der Waals surface area contributed by atoms with Crippen LogP contribution in [0.15, 0.2) is 36.5 Å². The molecule has 2 aliphatic rings. The number of amides is 3. The molecule has 1 unspecified atom stereocenters. The van der Waals surface area contributed by atoms with Gasteiger partial charge in [0.1, 0.15) is 17.7 Å². The van der Waals surface area contributed by atoms with Gasteiger partial charge in [0.2, 0.25) is 5.91 Å². The molecule has 0 saturated carbocycles. The lowest BCUT2D eigenvalue weighted by Crippen LogP contribution is -2.52. The van der Waals surface area contributed by atoms with Crippen molar-refractivity contribution in [1.82, 2.24) is 9.88 Å². The van der Waals surface area contributed by atoms with Crippen LogP contribution in [0.4, 0.5) is 33.9 Å². The third kappa shape index (κ3) is 5.50. The molecule has 13 heteroatoms. The quantitative estimate of drug-likeness (QED) is 0.600. The van der Waals surface area contributed by atoms with Crippen LogP contribution in [0.1, 0.15) is 12.8 Å². The highest BCUT2D eigenvalue weighted by Crippen LogP contribution is 2.30. The number of nitrogens with two attached hydrogens (primary N) is 1. The number of alkyl halides is 3. The van der Waals surface area contributed by atoms with Gasteiger partial charge in [0.05, 0.1) is 12.2 Å². The molecule has 2 aliphatic heterocycles. The third-order valence-corrected chi connectivity index (χ3v) is 6.04. The molecule has 4 rings (SSSR count). The number of primary amides is 1. The van der Waals surface area contributed by atoms with Gasteiger partial charge in [-0.2, -0.15) is 13.2 Å². The number of piperazine rings is 1. The molecule has 0 aliphatic carbocycles. The Kier molecular flexibility index (Phi) is 7.00. The van der Waals surface area contributed by atoms with Crippen LogP contribution in [-0.4, -0.2) is 72.8 Å². The normalized spacial score (nSPS) is 18.4. The van der Waals surface area contributed by atoms with E-state index in [1.54, 1.807) is 23.1 Å². The van der Waals surface area contributed by atoms with Crippen LogP contribution in [-0.2, 0) is 14.3 Å². The van der Waals surface area contributed by atoms with Crippen LogP contribution in [0.5, 0.6) is 0 Å². The van der Waals surface area contributed by atoms with Crippen molar-refractivity contribution < 1.29 is 36.7 Å². The monoisotopic (exact) mass is 509 g/mol. The Morgan fingerprint density at radius 3 is 2.42 bits per heavy atom. The van der Waals surface area contributed by atoms with Crippen LogP contribution >= 0.6 is 0 Å². The number of benzene rings is 1. The molecule has 0 radical (unpaired) electrons. The lowest BCUT2D eigenvalue weighted by Gasteiger charge is -2.35. The maximum atomic E-state index is 14.9. The molecule has 0 bridgehead atoms. The predicted octanol–water partition coefficient (Wildman–Crippen LogP) is 2.69. The SMILES string of the molecule is NC(=O)CCC1CN(c2ccc(-c3ccc(N4CCN(C(=O)C(F)(F)F)CC4)nc3)c(F)c2)C(=O)O1. The van der Waals surface area contributed by atoms with Gasteiger partial charge < -0.3 is 20.3 Å². The molecule has 1 aromatic carbocycles. The van der Waals surface area contributed by atoms with Gasteiger partial charge in [-0.1, -0.05) is 0 Å². The Bertz CT molecular complexity index is 1150. The molecular weight excluding hydrogens is 486 g/mol. The van der Waals surface area contributed by atoms with E-state index in [0.29, 0.717) is 17.1 Å². The third-order valence-electron chi connectivity index (χ3n) is 6.04. The van der Waals surface area contributed by atoms with Gasteiger partial charge in [0, 0.05) is 49.9 Å². The van der Waals surface area contributed by atoms with Gasteiger partial charge in [-0.25, -0.2) is 14.2 Å². The maximum absolute atomic E-state index is 14.9. The number of hydrogen-bond acceptors (Lipinski definition) is 6. The summed E-state index contributed by atoms with van der Waals surface area (Å²) in [6.07, 6.45) is -4.25. The van der Waals surface area contributed by atoms with Crippen LogP contribution in [0, 0.1) is 5.82 Å². The summed E-state index contributed by atoms with van der Waals surface area (Å²) in [7, 11) is 0. The first-order valence-electron chi connectivity index (χ1n) is 11.2. The molecule has 2 fully saturated rings. The summed E-state index contributed by atoms with van der Waals surface area (Å²) in [6.45, 7) is 0.372. The largest absolute Gasteiger partial charge is 0.471 e. The molecule has 3 amide bonds. The summed E-state index contributed by atoms with van der Waals surface area (Å²) in [4.78, 5) is 42.6. The molecule has 3 heterocycles. The predicted molar refractivity (Wildman–Crippen MR) is 121 cm³/mol. The lowest BCUT2D eigenvalue weighted by atomic mass is 10.1. The van der Waals surface area contributed by atoms with Crippen LogP contribution in [0.3, 0.4) is 0 Å². The second-order valence-electron chi connectivity index (χ2n) is 8.47. The number of hydrogen-bond donors (Lipinski definition) is 1. The van der Waals surface area contributed by atoms with Crippen LogP contribution in [0.25, 0.3) is 11.1 Å². The minimum Gasteiger partial charge on any atom is -0.444 e. The van der Waals surface area contributed by atoms with E-state index in [9.17, 15) is 31.9 Å². The molecule has 36 heavy (non-hydrogen) atoms. The minimum atomic E-state index is -4.90. The second-order valence-corrected chi connectivity index (χ2v) is 8.47. The van der Waals surface area contributed by atoms with Crippen molar-refractivity contribution in [3.8, 4) is 11.1 Å². The number of rotatable bonds is 6. The molecule has 2 aromatic rings. The van der Waals surface area contributed by atoms with Crippen molar-refractivity contribution in [2.75, 3.05) is 42.5 Å². The fourth-order valence-corrected chi connectivity index (χ4v) is 4.14. The lowest BCUT2D eigenvalue weighted by molar-refractivity contribution is -0.185. The van der Waals surface area contributed by atoms with E-state index in [1.807, 2.05) is 0 Å². The maximum Gasteiger partial charge on any atom is 0.471 e. The van der Waals surface area contributed by atoms with Crippen molar-refractivity contribution in [2.24, 2.45) is 5.73 Å². The molecule has 9 nitrogen and oxygen atoms in total. The van der Waals surface area contributed by atoms with E-state index in [0.717, 1.165) is 4.90 Å².